The molecule has 0 bridgehead atoms. The van der Waals surface area contributed by atoms with Crippen molar-refractivity contribution < 1.29 is 23.6 Å². The zero-order valence-electron chi connectivity index (χ0n) is 16.4. The lowest BCUT2D eigenvalue weighted by Gasteiger charge is -2.40. The van der Waals surface area contributed by atoms with Gasteiger partial charge in [0.25, 0.3) is 0 Å². The molecule has 0 spiro atoms. The molecule has 2 aliphatic rings. The fourth-order valence-electron chi connectivity index (χ4n) is 4.04. The summed E-state index contributed by atoms with van der Waals surface area (Å²) < 4.78 is 18.9. The molecule has 0 aliphatic carbocycles. The number of Topliss-reactive ketones (excluding diaryl/α,β-unsaturated/α-hetero) is 1. The summed E-state index contributed by atoms with van der Waals surface area (Å²) >= 11 is 0. The maximum Gasteiger partial charge on any atom is 0.312 e. The SMILES string of the molecule is CCOC(=O)C1(C[C@H]2CC(c3cccc(F)c3)=NO2)CCN(CC(C)=O)CC1. The first-order chi connectivity index (χ1) is 13.4. The molecular weight excluding hydrogens is 363 g/mol. The minimum absolute atomic E-state index is 0.121. The van der Waals surface area contributed by atoms with Crippen LogP contribution in [0.1, 0.15) is 45.1 Å². The molecule has 3 rings (SSSR count). The molecule has 6 nitrogen and oxygen atoms in total. The second-order valence-electron chi connectivity index (χ2n) is 7.66. The number of esters is 1. The van der Waals surface area contributed by atoms with Crippen molar-refractivity contribution in [2.24, 2.45) is 10.6 Å². The van der Waals surface area contributed by atoms with Gasteiger partial charge in [-0.15, -0.1) is 0 Å². The highest BCUT2D eigenvalue weighted by Gasteiger charge is 2.45. The molecule has 0 unspecified atom stereocenters. The monoisotopic (exact) mass is 390 g/mol. The van der Waals surface area contributed by atoms with E-state index in [0.717, 1.165) is 0 Å². The predicted molar refractivity (Wildman–Crippen MR) is 102 cm³/mol. The molecule has 0 saturated carbocycles. The highest BCUT2D eigenvalue weighted by Crippen LogP contribution is 2.40. The van der Waals surface area contributed by atoms with Crippen molar-refractivity contribution in [1.29, 1.82) is 0 Å². The number of hydrogen-bond donors (Lipinski definition) is 0. The zero-order chi connectivity index (χ0) is 20.1. The number of halogens is 1. The van der Waals surface area contributed by atoms with Crippen molar-refractivity contribution in [1.82, 2.24) is 4.90 Å². The molecular formula is C21H27FN2O4. The smallest absolute Gasteiger partial charge is 0.312 e. The number of rotatable bonds is 7. The highest BCUT2D eigenvalue weighted by molar-refractivity contribution is 6.01. The summed E-state index contributed by atoms with van der Waals surface area (Å²) in [6.07, 6.45) is 2.02. The third-order valence-corrected chi connectivity index (χ3v) is 5.48. The Hall–Kier alpha value is -2.28. The van der Waals surface area contributed by atoms with Crippen LogP contribution in [0, 0.1) is 11.2 Å². The standard InChI is InChI=1S/C21H27FN2O4/c1-3-27-20(26)21(7-9-24(10-8-21)14-15(2)25)13-18-12-19(23-28-18)16-5-4-6-17(22)11-16/h4-6,11,18H,3,7-10,12-14H2,1-2H3/t18-/m1/s1. The van der Waals surface area contributed by atoms with Gasteiger partial charge in [-0.1, -0.05) is 17.3 Å². The van der Waals surface area contributed by atoms with Gasteiger partial charge in [-0.25, -0.2) is 4.39 Å². The van der Waals surface area contributed by atoms with Crippen LogP contribution in [0.3, 0.4) is 0 Å². The number of hydrogen-bond acceptors (Lipinski definition) is 6. The van der Waals surface area contributed by atoms with E-state index in [2.05, 4.69) is 10.1 Å². The second kappa shape index (κ2) is 8.82. The van der Waals surface area contributed by atoms with Crippen LogP contribution in [-0.2, 0) is 19.2 Å². The van der Waals surface area contributed by atoms with Crippen molar-refractivity contribution in [3.05, 3.63) is 35.6 Å². The Morgan fingerprint density at radius 1 is 1.36 bits per heavy atom. The summed E-state index contributed by atoms with van der Waals surface area (Å²) in [6.45, 7) is 5.45. The van der Waals surface area contributed by atoms with Crippen molar-refractivity contribution >= 4 is 17.5 Å². The van der Waals surface area contributed by atoms with Crippen LogP contribution < -0.4 is 0 Å². The van der Waals surface area contributed by atoms with Gasteiger partial charge in [-0.3, -0.25) is 14.5 Å². The summed E-state index contributed by atoms with van der Waals surface area (Å²) in [5.74, 6) is -0.402. The van der Waals surface area contributed by atoms with Gasteiger partial charge in [-0.05, 0) is 51.9 Å². The van der Waals surface area contributed by atoms with E-state index in [0.29, 0.717) is 63.2 Å². The number of carbonyl (C=O) groups is 2. The zero-order valence-corrected chi connectivity index (χ0v) is 16.4. The number of ketones is 1. The number of carbonyl (C=O) groups excluding carboxylic acids is 2. The maximum atomic E-state index is 13.5. The van der Waals surface area contributed by atoms with Gasteiger partial charge in [0.1, 0.15) is 17.7 Å². The first-order valence-electron chi connectivity index (χ1n) is 9.79. The number of ether oxygens (including phenoxy) is 1. The van der Waals surface area contributed by atoms with Gasteiger partial charge in [0.05, 0.1) is 24.3 Å². The quantitative estimate of drug-likeness (QED) is 0.670. The van der Waals surface area contributed by atoms with Crippen molar-refractivity contribution in [2.75, 3.05) is 26.2 Å². The fraction of sp³-hybridized carbons (Fsp3) is 0.571. The lowest BCUT2D eigenvalue weighted by atomic mass is 9.73. The Bertz CT molecular complexity index is 757. The van der Waals surface area contributed by atoms with Crippen LogP contribution >= 0.6 is 0 Å². The van der Waals surface area contributed by atoms with Crippen molar-refractivity contribution in [3.8, 4) is 0 Å². The number of likely N-dealkylation sites (tertiary alicyclic amines) is 1. The van der Waals surface area contributed by atoms with Crippen molar-refractivity contribution in [2.45, 2.75) is 45.6 Å². The Morgan fingerprint density at radius 3 is 2.75 bits per heavy atom. The summed E-state index contributed by atoms with van der Waals surface area (Å²) in [6, 6.07) is 6.27. The first kappa shape index (κ1) is 20.5. The van der Waals surface area contributed by atoms with Gasteiger partial charge in [0.15, 0.2) is 0 Å². The average molecular weight is 390 g/mol. The Morgan fingerprint density at radius 2 is 2.11 bits per heavy atom. The molecule has 0 amide bonds. The number of benzene rings is 1. The Labute approximate surface area is 164 Å². The molecule has 0 N–H and O–H groups in total. The van der Waals surface area contributed by atoms with Gasteiger partial charge >= 0.3 is 5.97 Å². The summed E-state index contributed by atoms with van der Waals surface area (Å²) in [4.78, 5) is 31.8. The topological polar surface area (TPSA) is 68.2 Å². The van der Waals surface area contributed by atoms with Crippen LogP contribution in [-0.4, -0.2) is 54.7 Å². The molecule has 2 heterocycles. The molecule has 1 atom stereocenters. The number of nitrogens with zero attached hydrogens (tertiary/aromatic N) is 2. The molecule has 0 aromatic heterocycles. The normalized spacial score (nSPS) is 21.7. The maximum absolute atomic E-state index is 13.5. The van der Waals surface area contributed by atoms with Gasteiger partial charge in [-0.2, -0.15) is 0 Å². The summed E-state index contributed by atoms with van der Waals surface area (Å²) in [5.41, 5.74) is 0.752. The van der Waals surface area contributed by atoms with E-state index in [9.17, 15) is 14.0 Å². The molecule has 1 fully saturated rings. The third-order valence-electron chi connectivity index (χ3n) is 5.48. The lowest BCUT2D eigenvalue weighted by molar-refractivity contribution is -0.161. The molecule has 1 saturated heterocycles. The molecule has 28 heavy (non-hydrogen) atoms. The molecule has 2 aliphatic heterocycles. The van der Waals surface area contributed by atoms with Crippen molar-refractivity contribution in [3.63, 3.8) is 0 Å². The average Bonchev–Trinajstić information content (AvgIpc) is 3.11. The van der Waals surface area contributed by atoms with E-state index in [1.165, 1.54) is 12.1 Å². The van der Waals surface area contributed by atoms with E-state index in [4.69, 9.17) is 9.57 Å². The highest BCUT2D eigenvalue weighted by atomic mass is 19.1. The Balaban J connectivity index is 1.66. The fourth-order valence-corrected chi connectivity index (χ4v) is 4.04. The van der Waals surface area contributed by atoms with E-state index in [1.807, 2.05) is 0 Å². The van der Waals surface area contributed by atoms with E-state index in [1.54, 1.807) is 26.0 Å². The molecule has 1 aromatic rings. The first-order valence-corrected chi connectivity index (χ1v) is 9.79. The summed E-state index contributed by atoms with van der Waals surface area (Å²) in [7, 11) is 0. The second-order valence-corrected chi connectivity index (χ2v) is 7.66. The van der Waals surface area contributed by atoms with Crippen LogP contribution in [0.2, 0.25) is 0 Å². The van der Waals surface area contributed by atoms with E-state index in [-0.39, 0.29) is 23.7 Å². The minimum atomic E-state index is -0.638. The Kier molecular flexibility index (Phi) is 6.44. The minimum Gasteiger partial charge on any atom is -0.466 e. The molecule has 1 aromatic carbocycles. The van der Waals surface area contributed by atoms with Gasteiger partial charge < -0.3 is 9.57 Å². The van der Waals surface area contributed by atoms with Gasteiger partial charge in [0, 0.05) is 18.4 Å². The number of oxime groups is 1. The predicted octanol–water partition coefficient (Wildman–Crippen LogP) is 2.94. The summed E-state index contributed by atoms with van der Waals surface area (Å²) in [5, 5.41) is 4.13. The molecule has 0 radical (unpaired) electrons. The molecule has 152 valence electrons. The number of piperidine rings is 1. The third kappa shape index (κ3) is 4.76. The largest absolute Gasteiger partial charge is 0.466 e. The lowest BCUT2D eigenvalue weighted by Crippen LogP contribution is -2.47. The van der Waals surface area contributed by atoms with E-state index >= 15 is 0 Å². The van der Waals surface area contributed by atoms with Gasteiger partial charge in [0.2, 0.25) is 0 Å². The van der Waals surface area contributed by atoms with Crippen LogP contribution in [0.5, 0.6) is 0 Å². The van der Waals surface area contributed by atoms with E-state index < -0.39 is 5.41 Å². The van der Waals surface area contributed by atoms with Crippen LogP contribution in [0.4, 0.5) is 4.39 Å². The molecule has 7 heteroatoms. The van der Waals surface area contributed by atoms with Crippen LogP contribution in [0.25, 0.3) is 0 Å². The van der Waals surface area contributed by atoms with Crippen LogP contribution in [0.15, 0.2) is 29.4 Å².